The highest BCUT2D eigenvalue weighted by Gasteiger charge is 2.29. The lowest BCUT2D eigenvalue weighted by atomic mass is 9.85. The smallest absolute Gasteiger partial charge is 0.257 e. The van der Waals surface area contributed by atoms with Crippen molar-refractivity contribution in [2.75, 3.05) is 21.3 Å². The summed E-state index contributed by atoms with van der Waals surface area (Å²) in [6.07, 6.45) is 4.73. The summed E-state index contributed by atoms with van der Waals surface area (Å²) < 4.78 is 10.6. The van der Waals surface area contributed by atoms with Crippen LogP contribution in [0.15, 0.2) is 18.2 Å². The van der Waals surface area contributed by atoms with Crippen molar-refractivity contribution in [2.24, 2.45) is 5.92 Å². The largest absolute Gasteiger partial charge is 0.497 e. The molecule has 0 saturated heterocycles. The maximum Gasteiger partial charge on any atom is 0.257 e. The SMILES string of the molecule is COc1ccc(OC)c(C(=O)N(C)C2CCCCC2C)c1. The van der Waals surface area contributed by atoms with Crippen LogP contribution in [0.5, 0.6) is 11.5 Å². The van der Waals surface area contributed by atoms with E-state index in [1.54, 1.807) is 32.4 Å². The number of nitrogens with zero attached hydrogens (tertiary/aromatic N) is 1. The minimum Gasteiger partial charge on any atom is -0.497 e. The van der Waals surface area contributed by atoms with Gasteiger partial charge in [-0.2, -0.15) is 0 Å². The van der Waals surface area contributed by atoms with Gasteiger partial charge in [0.25, 0.3) is 5.91 Å². The number of carbonyl (C=O) groups is 1. The zero-order valence-electron chi connectivity index (χ0n) is 13.4. The van der Waals surface area contributed by atoms with Gasteiger partial charge in [-0.3, -0.25) is 4.79 Å². The molecular weight excluding hydrogens is 266 g/mol. The van der Waals surface area contributed by atoms with Gasteiger partial charge in [-0.05, 0) is 37.0 Å². The van der Waals surface area contributed by atoms with Gasteiger partial charge < -0.3 is 14.4 Å². The van der Waals surface area contributed by atoms with E-state index in [-0.39, 0.29) is 5.91 Å². The van der Waals surface area contributed by atoms with Crippen molar-refractivity contribution in [1.29, 1.82) is 0 Å². The Hall–Kier alpha value is -1.71. The Balaban J connectivity index is 2.25. The first-order chi connectivity index (χ1) is 10.1. The Kier molecular flexibility index (Phi) is 5.10. The van der Waals surface area contributed by atoms with E-state index in [0.29, 0.717) is 29.0 Å². The molecule has 1 aromatic rings. The zero-order valence-corrected chi connectivity index (χ0v) is 13.4. The quantitative estimate of drug-likeness (QED) is 0.854. The van der Waals surface area contributed by atoms with E-state index in [0.717, 1.165) is 6.42 Å². The van der Waals surface area contributed by atoms with Gasteiger partial charge in [-0.15, -0.1) is 0 Å². The summed E-state index contributed by atoms with van der Waals surface area (Å²) in [6, 6.07) is 5.65. The van der Waals surface area contributed by atoms with Gasteiger partial charge >= 0.3 is 0 Å². The zero-order chi connectivity index (χ0) is 15.4. The Labute approximate surface area is 127 Å². The lowest BCUT2D eigenvalue weighted by Gasteiger charge is -2.36. The van der Waals surface area contributed by atoms with Crippen LogP contribution < -0.4 is 9.47 Å². The van der Waals surface area contributed by atoms with E-state index >= 15 is 0 Å². The summed E-state index contributed by atoms with van der Waals surface area (Å²) in [5.41, 5.74) is 0.567. The third kappa shape index (κ3) is 3.31. The summed E-state index contributed by atoms with van der Waals surface area (Å²) in [5.74, 6) is 1.81. The number of methoxy groups -OCH3 is 2. The second kappa shape index (κ2) is 6.83. The molecule has 1 fully saturated rings. The van der Waals surface area contributed by atoms with E-state index in [2.05, 4.69) is 6.92 Å². The fourth-order valence-corrected chi connectivity index (χ4v) is 3.19. The molecule has 1 aromatic carbocycles. The number of benzene rings is 1. The number of hydrogen-bond acceptors (Lipinski definition) is 3. The second-order valence-electron chi connectivity index (χ2n) is 5.81. The van der Waals surface area contributed by atoms with Gasteiger partial charge in [0.05, 0.1) is 19.8 Å². The molecule has 0 aromatic heterocycles. The highest BCUT2D eigenvalue weighted by molar-refractivity contribution is 5.97. The normalized spacial score (nSPS) is 21.7. The molecule has 21 heavy (non-hydrogen) atoms. The molecule has 0 radical (unpaired) electrons. The monoisotopic (exact) mass is 291 g/mol. The molecule has 0 spiro atoms. The van der Waals surface area contributed by atoms with E-state index in [1.807, 2.05) is 11.9 Å². The van der Waals surface area contributed by atoms with Crippen molar-refractivity contribution < 1.29 is 14.3 Å². The third-order valence-electron chi connectivity index (χ3n) is 4.52. The van der Waals surface area contributed by atoms with E-state index in [1.165, 1.54) is 19.3 Å². The minimum atomic E-state index is 0.00417. The molecule has 0 heterocycles. The Bertz CT molecular complexity index is 501. The van der Waals surface area contributed by atoms with Crippen LogP contribution in [0.4, 0.5) is 0 Å². The molecule has 0 aliphatic heterocycles. The van der Waals surface area contributed by atoms with Crippen LogP contribution in [0.3, 0.4) is 0 Å². The van der Waals surface area contributed by atoms with Gasteiger partial charge in [0, 0.05) is 13.1 Å². The molecule has 1 aliphatic rings. The average Bonchev–Trinajstić information content (AvgIpc) is 2.53. The van der Waals surface area contributed by atoms with Crippen LogP contribution >= 0.6 is 0 Å². The molecule has 2 unspecified atom stereocenters. The third-order valence-corrected chi connectivity index (χ3v) is 4.52. The topological polar surface area (TPSA) is 38.8 Å². The minimum absolute atomic E-state index is 0.00417. The van der Waals surface area contributed by atoms with Crippen LogP contribution in [-0.2, 0) is 0 Å². The van der Waals surface area contributed by atoms with Gasteiger partial charge in [-0.25, -0.2) is 0 Å². The summed E-state index contributed by atoms with van der Waals surface area (Å²) >= 11 is 0. The van der Waals surface area contributed by atoms with Crippen molar-refractivity contribution in [3.63, 3.8) is 0 Å². The number of rotatable bonds is 4. The Morgan fingerprint density at radius 3 is 2.52 bits per heavy atom. The van der Waals surface area contributed by atoms with Gasteiger partial charge in [0.2, 0.25) is 0 Å². The fourth-order valence-electron chi connectivity index (χ4n) is 3.19. The average molecular weight is 291 g/mol. The highest BCUT2D eigenvalue weighted by atomic mass is 16.5. The molecule has 2 atom stereocenters. The van der Waals surface area contributed by atoms with Gasteiger partial charge in [-0.1, -0.05) is 19.8 Å². The number of hydrogen-bond donors (Lipinski definition) is 0. The van der Waals surface area contributed by atoms with Crippen molar-refractivity contribution in [2.45, 2.75) is 38.6 Å². The summed E-state index contributed by atoms with van der Waals surface area (Å²) in [5, 5.41) is 0. The molecule has 0 bridgehead atoms. The summed E-state index contributed by atoms with van der Waals surface area (Å²) in [4.78, 5) is 14.7. The standard InChI is InChI=1S/C17H25NO3/c1-12-7-5-6-8-15(12)18(2)17(19)14-11-13(20-3)9-10-16(14)21-4/h9-12,15H,5-8H2,1-4H3. The molecule has 0 N–H and O–H groups in total. The number of ether oxygens (including phenoxy) is 2. The van der Waals surface area contributed by atoms with E-state index < -0.39 is 0 Å². The van der Waals surface area contributed by atoms with Crippen molar-refractivity contribution >= 4 is 5.91 Å². The molecular formula is C17H25NO3. The predicted octanol–water partition coefficient (Wildman–Crippen LogP) is 3.35. The molecule has 2 rings (SSSR count). The van der Waals surface area contributed by atoms with E-state index in [4.69, 9.17) is 9.47 Å². The van der Waals surface area contributed by atoms with Crippen molar-refractivity contribution in [3.8, 4) is 11.5 Å². The van der Waals surface area contributed by atoms with Crippen LogP contribution in [0.2, 0.25) is 0 Å². The molecule has 1 amide bonds. The van der Waals surface area contributed by atoms with Crippen LogP contribution in [0.1, 0.15) is 43.0 Å². The first-order valence-corrected chi connectivity index (χ1v) is 7.57. The Morgan fingerprint density at radius 1 is 1.19 bits per heavy atom. The fraction of sp³-hybridized carbons (Fsp3) is 0.588. The molecule has 1 saturated carbocycles. The van der Waals surface area contributed by atoms with Crippen molar-refractivity contribution in [1.82, 2.24) is 4.90 Å². The summed E-state index contributed by atoms with van der Waals surface area (Å²) in [7, 11) is 5.08. The molecule has 1 aliphatic carbocycles. The molecule has 4 nitrogen and oxygen atoms in total. The lowest BCUT2D eigenvalue weighted by molar-refractivity contribution is 0.0625. The summed E-state index contributed by atoms with van der Waals surface area (Å²) in [6.45, 7) is 2.23. The maximum atomic E-state index is 12.8. The van der Waals surface area contributed by atoms with Crippen molar-refractivity contribution in [3.05, 3.63) is 23.8 Å². The number of amides is 1. The van der Waals surface area contributed by atoms with E-state index in [9.17, 15) is 4.79 Å². The second-order valence-corrected chi connectivity index (χ2v) is 5.81. The highest BCUT2D eigenvalue weighted by Crippen LogP contribution is 2.30. The first-order valence-electron chi connectivity index (χ1n) is 7.57. The lowest BCUT2D eigenvalue weighted by Crippen LogP contribution is -2.42. The first kappa shape index (κ1) is 15.7. The van der Waals surface area contributed by atoms with Gasteiger partial charge in [0.1, 0.15) is 11.5 Å². The Morgan fingerprint density at radius 2 is 1.90 bits per heavy atom. The maximum absolute atomic E-state index is 12.8. The number of carbonyl (C=O) groups excluding carboxylic acids is 1. The van der Waals surface area contributed by atoms with Crippen LogP contribution in [-0.4, -0.2) is 38.1 Å². The van der Waals surface area contributed by atoms with Crippen LogP contribution in [0.25, 0.3) is 0 Å². The molecule has 116 valence electrons. The molecule has 4 heteroatoms. The van der Waals surface area contributed by atoms with Gasteiger partial charge in [0.15, 0.2) is 0 Å². The predicted molar refractivity (Wildman–Crippen MR) is 83.1 cm³/mol. The van der Waals surface area contributed by atoms with Crippen LogP contribution in [0, 0.1) is 5.92 Å².